The third kappa shape index (κ3) is 6.77. The number of halogens is 1. The van der Waals surface area contributed by atoms with E-state index in [9.17, 15) is 19.1 Å². The van der Waals surface area contributed by atoms with E-state index in [4.69, 9.17) is 19.2 Å². The van der Waals surface area contributed by atoms with E-state index >= 15 is 4.79 Å². The zero-order chi connectivity index (χ0) is 47.0. The molecule has 0 spiro atoms. The Labute approximate surface area is 392 Å². The van der Waals surface area contributed by atoms with Gasteiger partial charge in [0, 0.05) is 37.3 Å². The van der Waals surface area contributed by atoms with Crippen molar-refractivity contribution in [1.29, 1.82) is 0 Å². The number of carboxylic acids is 1. The quantitative estimate of drug-likeness (QED) is 0.168. The number of likely N-dealkylation sites (tertiary alicyclic amines) is 1. The van der Waals surface area contributed by atoms with Gasteiger partial charge < -0.3 is 29.2 Å². The molecule has 1 saturated heterocycles. The molecule has 362 valence electrons. The van der Waals surface area contributed by atoms with Crippen LogP contribution in [0.4, 0.5) is 4.39 Å². The summed E-state index contributed by atoms with van der Waals surface area (Å²) in [6, 6.07) is 6.19. The van der Waals surface area contributed by atoms with Crippen molar-refractivity contribution in [2.75, 3.05) is 26.9 Å². The predicted octanol–water partition coefficient (Wildman–Crippen LogP) is 11.1. The van der Waals surface area contributed by atoms with Gasteiger partial charge in [0.2, 0.25) is 5.91 Å². The lowest BCUT2D eigenvalue weighted by molar-refractivity contribution is -0.253. The summed E-state index contributed by atoms with van der Waals surface area (Å²) >= 11 is 0. The van der Waals surface area contributed by atoms with Crippen LogP contribution in [0.1, 0.15) is 157 Å². The van der Waals surface area contributed by atoms with Gasteiger partial charge >= 0.3 is 11.9 Å². The molecule has 8 aliphatic rings. The summed E-state index contributed by atoms with van der Waals surface area (Å²) in [5.41, 5.74) is 0.898. The maximum atomic E-state index is 16.1. The Kier molecular flexibility index (Phi) is 11.2. The monoisotopic (exact) mass is 912 g/mol. The number of amides is 1. The van der Waals surface area contributed by atoms with E-state index in [1.165, 1.54) is 31.4 Å². The molecule has 0 radical (unpaired) electrons. The Bertz CT molecular complexity index is 2220. The van der Waals surface area contributed by atoms with E-state index < -0.39 is 22.7 Å². The van der Waals surface area contributed by atoms with Crippen molar-refractivity contribution in [3.63, 3.8) is 0 Å². The van der Waals surface area contributed by atoms with Gasteiger partial charge in [-0.15, -0.1) is 0 Å². The van der Waals surface area contributed by atoms with Crippen LogP contribution in [0, 0.1) is 85.1 Å². The number of ether oxygens (including phenoxy) is 3. The SMILES string of the molecule is COCCO[C@@H]1C[C@@H](c2nc(-c3ccc(F)cc3)c[nH]2)N(C(=O)[C@]23CC[C@@H](C4(C)CC4)[C@@H]2[C@H]2CC[C@@H]4[C@@]5(C)CC[C@H](OC(=O)[C@H]6C[C@@H](C(=O)O)C6(C)C)C(C)(C)[C@@H]5CC[C@@]4(C)[C@]2(C)CC3)C1. The summed E-state index contributed by atoms with van der Waals surface area (Å²) in [5.74, 6) is 1.10. The smallest absolute Gasteiger partial charge is 0.309 e. The third-order valence-corrected chi connectivity index (χ3v) is 22.1. The van der Waals surface area contributed by atoms with Crippen molar-refractivity contribution in [2.45, 2.75) is 164 Å². The highest BCUT2D eigenvalue weighted by molar-refractivity contribution is 5.85. The number of carbonyl (C=O) groups is 3. The van der Waals surface area contributed by atoms with Crippen molar-refractivity contribution in [3.05, 3.63) is 42.1 Å². The minimum atomic E-state index is -0.825. The Balaban J connectivity index is 0.927. The molecule has 1 aliphatic heterocycles. The van der Waals surface area contributed by atoms with Crippen LogP contribution in [-0.4, -0.2) is 76.9 Å². The fraction of sp³-hybridized carbons (Fsp3) is 0.782. The van der Waals surface area contributed by atoms with Gasteiger partial charge in [-0.2, -0.15) is 0 Å². The molecular weight excluding hydrogens is 834 g/mol. The highest BCUT2D eigenvalue weighted by atomic mass is 19.1. The number of aromatic nitrogens is 2. The van der Waals surface area contributed by atoms with Crippen molar-refractivity contribution in [3.8, 4) is 11.3 Å². The summed E-state index contributed by atoms with van der Waals surface area (Å²) in [6.07, 6.45) is 15.6. The van der Waals surface area contributed by atoms with Crippen molar-refractivity contribution >= 4 is 17.8 Å². The van der Waals surface area contributed by atoms with Crippen LogP contribution in [0.5, 0.6) is 0 Å². The van der Waals surface area contributed by atoms with E-state index in [2.05, 4.69) is 51.4 Å². The normalized spacial score (nSPS) is 42.5. The lowest BCUT2D eigenvalue weighted by Crippen LogP contribution is -2.67. The highest BCUT2D eigenvalue weighted by Crippen LogP contribution is 2.79. The topological polar surface area (TPSA) is 131 Å². The van der Waals surface area contributed by atoms with E-state index in [1.54, 1.807) is 19.2 Å². The van der Waals surface area contributed by atoms with Crippen LogP contribution in [0.2, 0.25) is 0 Å². The molecule has 1 amide bonds. The van der Waals surface area contributed by atoms with Gasteiger partial charge in [-0.05, 0) is 164 Å². The fourth-order valence-electron chi connectivity index (χ4n) is 17.7. The Morgan fingerprint density at radius 1 is 0.788 bits per heavy atom. The number of hydrogen-bond donors (Lipinski definition) is 2. The second kappa shape index (κ2) is 15.9. The second-order valence-electron chi connectivity index (χ2n) is 25.3. The zero-order valence-electron chi connectivity index (χ0n) is 41.4. The first kappa shape index (κ1) is 46.4. The van der Waals surface area contributed by atoms with Crippen LogP contribution in [-0.2, 0) is 28.6 Å². The molecule has 2 heterocycles. The van der Waals surface area contributed by atoms with E-state index in [-0.39, 0.29) is 63.0 Å². The summed E-state index contributed by atoms with van der Waals surface area (Å²) in [4.78, 5) is 52.5. The number of methoxy groups -OCH3 is 1. The summed E-state index contributed by atoms with van der Waals surface area (Å²) < 4.78 is 32.2. The average molecular weight is 912 g/mol. The number of nitrogens with zero attached hydrogens (tertiary/aromatic N) is 2. The number of aromatic amines is 1. The molecule has 7 saturated carbocycles. The van der Waals surface area contributed by atoms with Crippen LogP contribution in [0.3, 0.4) is 0 Å². The largest absolute Gasteiger partial charge is 0.481 e. The number of nitrogens with one attached hydrogen (secondary N) is 1. The number of rotatable bonds is 11. The van der Waals surface area contributed by atoms with E-state index in [1.807, 2.05) is 20.0 Å². The molecule has 14 atom stereocenters. The van der Waals surface area contributed by atoms with Gasteiger partial charge in [0.05, 0.1) is 48.3 Å². The number of carbonyl (C=O) groups excluding carboxylic acids is 2. The number of H-pyrrole nitrogens is 1. The van der Waals surface area contributed by atoms with Crippen LogP contribution >= 0.6 is 0 Å². The number of imidazole rings is 1. The van der Waals surface area contributed by atoms with E-state index in [0.717, 1.165) is 74.9 Å². The maximum Gasteiger partial charge on any atom is 0.309 e. The molecule has 1 aromatic carbocycles. The number of aliphatic carboxylic acids is 1. The van der Waals surface area contributed by atoms with Crippen molar-refractivity contribution < 1.29 is 38.1 Å². The number of carboxylic acid groups (broad SMARTS) is 1. The highest BCUT2D eigenvalue weighted by Gasteiger charge is 2.74. The molecule has 8 fully saturated rings. The third-order valence-electron chi connectivity index (χ3n) is 22.1. The Morgan fingerprint density at radius 2 is 1.53 bits per heavy atom. The Hall–Kier alpha value is -3.31. The fourth-order valence-corrected chi connectivity index (χ4v) is 17.7. The molecule has 0 bridgehead atoms. The van der Waals surface area contributed by atoms with Gasteiger partial charge in [0.25, 0.3) is 0 Å². The molecule has 7 aliphatic carbocycles. The van der Waals surface area contributed by atoms with E-state index in [0.29, 0.717) is 68.1 Å². The molecule has 2 aromatic rings. The van der Waals surface area contributed by atoms with Crippen LogP contribution in [0.25, 0.3) is 11.3 Å². The maximum absolute atomic E-state index is 16.1. The average Bonchev–Trinajstić information content (AvgIpc) is 3.60. The lowest BCUT2D eigenvalue weighted by atomic mass is 9.32. The molecule has 1 aromatic heterocycles. The number of esters is 1. The molecule has 10 rings (SSSR count). The molecule has 66 heavy (non-hydrogen) atoms. The number of fused-ring (bicyclic) bond motifs is 7. The minimum Gasteiger partial charge on any atom is -0.481 e. The van der Waals surface area contributed by atoms with Gasteiger partial charge in [0.15, 0.2) is 0 Å². The predicted molar refractivity (Wildman–Crippen MR) is 249 cm³/mol. The van der Waals surface area contributed by atoms with Crippen LogP contribution in [0.15, 0.2) is 30.5 Å². The van der Waals surface area contributed by atoms with Crippen LogP contribution < -0.4 is 0 Å². The standard InChI is InChI=1S/C55H78FN3O7/c1-49(2)37(46(60)61)29-38(49)47(62)66-43-18-19-52(6)41(50(43,3)4)17-20-54(8)42(52)15-14-36-44-35(51(5)22-23-51)16-21-55(44,25-24-53(36,54)7)48(63)59-31-34(65-27-26-64-9)28-40(59)45-57-30-39(58-45)32-10-12-33(56)13-11-32/h10-13,30,34-38,40-44H,14-29,31H2,1-9H3,(H,57,58)(H,60,61)/t34-,35-,36-,37+,38-,40+,41+,42-,43+,44-,52+,53-,54-,55+/m1/s1. The molecule has 2 N–H and O–H groups in total. The Morgan fingerprint density at radius 3 is 2.21 bits per heavy atom. The molecule has 11 heteroatoms. The minimum absolute atomic E-state index is 0.0808. The van der Waals surface area contributed by atoms with Crippen molar-refractivity contribution in [1.82, 2.24) is 14.9 Å². The van der Waals surface area contributed by atoms with Gasteiger partial charge in [-0.25, -0.2) is 9.37 Å². The first-order valence-corrected chi connectivity index (χ1v) is 25.8. The van der Waals surface area contributed by atoms with Crippen molar-refractivity contribution in [2.24, 2.45) is 79.3 Å². The first-order valence-electron chi connectivity index (χ1n) is 25.8. The first-order chi connectivity index (χ1) is 31.1. The van der Waals surface area contributed by atoms with Gasteiger partial charge in [0.1, 0.15) is 17.7 Å². The molecule has 10 nitrogen and oxygen atoms in total. The molecule has 0 unspecified atom stereocenters. The summed E-state index contributed by atoms with van der Waals surface area (Å²) in [7, 11) is 1.69. The lowest BCUT2D eigenvalue weighted by Gasteiger charge is -2.73. The zero-order valence-corrected chi connectivity index (χ0v) is 41.4. The number of hydrogen-bond acceptors (Lipinski definition) is 7. The summed E-state index contributed by atoms with van der Waals surface area (Å²) in [5, 5.41) is 9.75. The second-order valence-corrected chi connectivity index (χ2v) is 25.3. The van der Waals surface area contributed by atoms with Gasteiger partial charge in [-0.3, -0.25) is 14.4 Å². The molecular formula is C55H78FN3O7. The number of benzene rings is 1. The summed E-state index contributed by atoms with van der Waals surface area (Å²) in [6.45, 7) is 20.4. The van der Waals surface area contributed by atoms with Gasteiger partial charge in [-0.1, -0.05) is 55.4 Å².